The van der Waals surface area contributed by atoms with Gasteiger partial charge in [0.2, 0.25) is 5.95 Å². The summed E-state index contributed by atoms with van der Waals surface area (Å²) in [6.07, 6.45) is 2.14. The third-order valence-electron chi connectivity index (χ3n) is 3.22. The fourth-order valence-corrected chi connectivity index (χ4v) is 2.38. The zero-order chi connectivity index (χ0) is 13.8. The number of aromatic amines is 1. The smallest absolute Gasteiger partial charge is 0.201 e. The van der Waals surface area contributed by atoms with Crippen molar-refractivity contribution in [2.24, 2.45) is 0 Å². The van der Waals surface area contributed by atoms with Crippen LogP contribution in [0, 0.1) is 0 Å². The van der Waals surface area contributed by atoms with Crippen LogP contribution in [0.5, 0.6) is 0 Å². The Morgan fingerprint density at radius 1 is 1.10 bits per heavy atom. The van der Waals surface area contributed by atoms with Crippen LogP contribution in [0.4, 0.5) is 5.95 Å². The molecule has 1 heterocycles. The van der Waals surface area contributed by atoms with Gasteiger partial charge in [-0.05, 0) is 36.6 Å². The monoisotopic (exact) mass is 285 g/mol. The van der Waals surface area contributed by atoms with E-state index in [1.165, 1.54) is 5.56 Å². The standard InChI is InChI=1S/C16H16ClN3/c17-13-8-9-14-15(11-13)20-16(19-14)18-10-4-7-12-5-2-1-3-6-12/h1-3,5-6,8-9,11H,4,7,10H2,(H2,18,19,20). The number of benzene rings is 2. The van der Waals surface area contributed by atoms with Gasteiger partial charge in [-0.25, -0.2) is 4.98 Å². The summed E-state index contributed by atoms with van der Waals surface area (Å²) in [7, 11) is 0. The van der Waals surface area contributed by atoms with Crippen molar-refractivity contribution in [2.45, 2.75) is 12.8 Å². The summed E-state index contributed by atoms with van der Waals surface area (Å²) in [6, 6.07) is 16.2. The van der Waals surface area contributed by atoms with Gasteiger partial charge < -0.3 is 10.3 Å². The first-order valence-electron chi connectivity index (χ1n) is 6.74. The largest absolute Gasteiger partial charge is 0.356 e. The Morgan fingerprint density at radius 3 is 2.80 bits per heavy atom. The molecule has 0 aliphatic heterocycles. The Balaban J connectivity index is 1.55. The molecule has 0 spiro atoms. The third-order valence-corrected chi connectivity index (χ3v) is 3.46. The van der Waals surface area contributed by atoms with Crippen LogP contribution in [0.3, 0.4) is 0 Å². The Bertz CT molecular complexity index is 691. The first-order valence-corrected chi connectivity index (χ1v) is 7.12. The molecule has 0 aliphatic carbocycles. The first-order chi connectivity index (χ1) is 9.81. The Morgan fingerprint density at radius 2 is 1.95 bits per heavy atom. The SMILES string of the molecule is Clc1ccc2nc(NCCCc3ccccc3)[nH]c2c1. The molecule has 3 rings (SSSR count). The van der Waals surface area contributed by atoms with Gasteiger partial charge in [-0.1, -0.05) is 41.9 Å². The molecular weight excluding hydrogens is 270 g/mol. The predicted octanol–water partition coefficient (Wildman–Crippen LogP) is 4.26. The van der Waals surface area contributed by atoms with Crippen molar-refractivity contribution in [1.29, 1.82) is 0 Å². The minimum absolute atomic E-state index is 0.719. The van der Waals surface area contributed by atoms with Crippen LogP contribution in [-0.4, -0.2) is 16.5 Å². The van der Waals surface area contributed by atoms with Crippen molar-refractivity contribution >= 4 is 28.6 Å². The van der Waals surface area contributed by atoms with Crippen molar-refractivity contribution < 1.29 is 0 Å². The predicted molar refractivity (Wildman–Crippen MR) is 84.4 cm³/mol. The molecule has 2 N–H and O–H groups in total. The van der Waals surface area contributed by atoms with E-state index in [-0.39, 0.29) is 0 Å². The lowest BCUT2D eigenvalue weighted by molar-refractivity contribution is 0.856. The molecule has 0 bridgehead atoms. The van der Waals surface area contributed by atoms with Gasteiger partial charge in [0, 0.05) is 11.6 Å². The fourth-order valence-electron chi connectivity index (χ4n) is 2.21. The average Bonchev–Trinajstić information content (AvgIpc) is 2.86. The second kappa shape index (κ2) is 5.97. The van der Waals surface area contributed by atoms with Crippen molar-refractivity contribution in [3.8, 4) is 0 Å². The summed E-state index contributed by atoms with van der Waals surface area (Å²) in [5.41, 5.74) is 3.26. The molecule has 4 heteroatoms. The molecule has 0 amide bonds. The molecule has 102 valence electrons. The molecule has 3 aromatic rings. The Hall–Kier alpha value is -2.00. The number of hydrogen-bond donors (Lipinski definition) is 2. The summed E-state index contributed by atoms with van der Waals surface area (Å²) < 4.78 is 0. The van der Waals surface area contributed by atoms with Gasteiger partial charge in [0.25, 0.3) is 0 Å². The molecule has 20 heavy (non-hydrogen) atoms. The highest BCUT2D eigenvalue weighted by Gasteiger charge is 2.02. The highest BCUT2D eigenvalue weighted by Crippen LogP contribution is 2.18. The second-order valence-corrected chi connectivity index (χ2v) is 5.20. The minimum Gasteiger partial charge on any atom is -0.356 e. The highest BCUT2D eigenvalue weighted by molar-refractivity contribution is 6.31. The molecule has 0 saturated heterocycles. The lowest BCUT2D eigenvalue weighted by atomic mass is 10.1. The Labute approximate surface area is 123 Å². The number of H-pyrrole nitrogens is 1. The van der Waals surface area contributed by atoms with Crippen molar-refractivity contribution in [3.63, 3.8) is 0 Å². The topological polar surface area (TPSA) is 40.7 Å². The number of rotatable bonds is 5. The van der Waals surface area contributed by atoms with Crippen molar-refractivity contribution in [3.05, 3.63) is 59.1 Å². The number of nitrogens with one attached hydrogen (secondary N) is 2. The summed E-state index contributed by atoms with van der Waals surface area (Å²) >= 11 is 5.95. The lowest BCUT2D eigenvalue weighted by Crippen LogP contribution is -2.04. The van der Waals surface area contributed by atoms with Crippen molar-refractivity contribution in [2.75, 3.05) is 11.9 Å². The van der Waals surface area contributed by atoms with Crippen LogP contribution < -0.4 is 5.32 Å². The molecule has 3 nitrogen and oxygen atoms in total. The van der Waals surface area contributed by atoms with Gasteiger partial charge in [0.1, 0.15) is 0 Å². The third kappa shape index (κ3) is 3.11. The normalized spacial score (nSPS) is 10.8. The molecule has 0 atom stereocenters. The number of aromatic nitrogens is 2. The molecule has 0 radical (unpaired) electrons. The number of fused-ring (bicyclic) bond motifs is 1. The van der Waals surface area contributed by atoms with E-state index in [9.17, 15) is 0 Å². The van der Waals surface area contributed by atoms with Crippen LogP contribution >= 0.6 is 11.6 Å². The van der Waals surface area contributed by atoms with E-state index in [1.54, 1.807) is 0 Å². The van der Waals surface area contributed by atoms with E-state index < -0.39 is 0 Å². The van der Waals surface area contributed by atoms with Crippen LogP contribution in [0.2, 0.25) is 5.02 Å². The summed E-state index contributed by atoms with van der Waals surface area (Å²) in [6.45, 7) is 0.891. The number of aryl methyl sites for hydroxylation is 1. The molecular formula is C16H16ClN3. The molecule has 0 fully saturated rings. The van der Waals surface area contributed by atoms with Crippen LogP contribution in [0.1, 0.15) is 12.0 Å². The first kappa shape index (κ1) is 13.0. The minimum atomic E-state index is 0.719. The van der Waals surface area contributed by atoms with Crippen molar-refractivity contribution in [1.82, 2.24) is 9.97 Å². The van der Waals surface area contributed by atoms with E-state index in [0.717, 1.165) is 41.4 Å². The molecule has 1 aromatic heterocycles. The maximum absolute atomic E-state index is 5.95. The van der Waals surface area contributed by atoms with Crippen LogP contribution in [0.25, 0.3) is 11.0 Å². The van der Waals surface area contributed by atoms with Gasteiger partial charge in [-0.3, -0.25) is 0 Å². The van der Waals surface area contributed by atoms with E-state index in [4.69, 9.17) is 11.6 Å². The van der Waals surface area contributed by atoms with Crippen LogP contribution in [0.15, 0.2) is 48.5 Å². The second-order valence-electron chi connectivity index (χ2n) is 4.76. The average molecular weight is 286 g/mol. The van der Waals surface area contributed by atoms with E-state index in [1.807, 2.05) is 24.3 Å². The van der Waals surface area contributed by atoms with Gasteiger partial charge in [-0.15, -0.1) is 0 Å². The molecule has 2 aromatic carbocycles. The number of anilines is 1. The maximum Gasteiger partial charge on any atom is 0.201 e. The summed E-state index contributed by atoms with van der Waals surface area (Å²) in [5, 5.41) is 4.03. The fraction of sp³-hybridized carbons (Fsp3) is 0.188. The zero-order valence-corrected chi connectivity index (χ0v) is 11.8. The quantitative estimate of drug-likeness (QED) is 0.688. The number of hydrogen-bond acceptors (Lipinski definition) is 2. The summed E-state index contributed by atoms with van der Waals surface area (Å²) in [5.74, 6) is 0.801. The maximum atomic E-state index is 5.95. The van der Waals surface area contributed by atoms with E-state index >= 15 is 0 Å². The zero-order valence-electron chi connectivity index (χ0n) is 11.1. The van der Waals surface area contributed by atoms with E-state index in [0.29, 0.717) is 0 Å². The van der Waals surface area contributed by atoms with E-state index in [2.05, 4.69) is 39.6 Å². The van der Waals surface area contributed by atoms with Crippen LogP contribution in [-0.2, 0) is 6.42 Å². The van der Waals surface area contributed by atoms with Gasteiger partial charge in [-0.2, -0.15) is 0 Å². The molecule has 0 unspecified atom stereocenters. The molecule has 0 aliphatic rings. The van der Waals surface area contributed by atoms with Gasteiger partial charge in [0.05, 0.1) is 11.0 Å². The van der Waals surface area contributed by atoms with Gasteiger partial charge in [0.15, 0.2) is 0 Å². The highest BCUT2D eigenvalue weighted by atomic mass is 35.5. The Kier molecular flexibility index (Phi) is 3.88. The summed E-state index contributed by atoms with van der Waals surface area (Å²) in [4.78, 5) is 7.70. The number of halogens is 1. The number of nitrogens with zero attached hydrogens (tertiary/aromatic N) is 1. The molecule has 0 saturated carbocycles. The lowest BCUT2D eigenvalue weighted by Gasteiger charge is -2.02. The number of imidazole rings is 1. The van der Waals surface area contributed by atoms with Gasteiger partial charge >= 0.3 is 0 Å².